The van der Waals surface area contributed by atoms with Gasteiger partial charge in [0.1, 0.15) is 48.8 Å². The molecule has 0 aromatic carbocycles. The van der Waals surface area contributed by atoms with Crippen molar-refractivity contribution < 1.29 is 122 Å². The summed E-state index contributed by atoms with van der Waals surface area (Å²) in [5.74, 6) is 0. The minimum absolute atomic E-state index is 0. The number of rotatable bonds is 6. The minimum atomic E-state index is -1.79. The van der Waals surface area contributed by atoms with Crippen molar-refractivity contribution in [3.63, 3.8) is 0 Å². The van der Waals surface area contributed by atoms with E-state index in [2.05, 4.69) is 0 Å². The molecule has 1 saturated heterocycles. The molecule has 22 nitrogen and oxygen atoms in total. The van der Waals surface area contributed by atoms with E-state index in [4.69, 9.17) is 35.4 Å². The summed E-state index contributed by atoms with van der Waals surface area (Å²) in [6.45, 7) is -1.09. The molecule has 2 radical (unpaired) electrons. The summed E-state index contributed by atoms with van der Waals surface area (Å²) < 4.78 is 5.00. The monoisotopic (exact) mass is 775 g/mol. The molecule has 38 heavy (non-hydrogen) atoms. The quantitative estimate of drug-likeness (QED) is 0.0879. The maximum absolute atomic E-state index is 9.90. The Balaban J connectivity index is -0.0000000229. The van der Waals surface area contributed by atoms with Crippen LogP contribution in [0, 0.1) is 0 Å². The van der Waals surface area contributed by atoms with Crippen molar-refractivity contribution in [1.29, 1.82) is 0 Å². The smallest absolute Gasteiger partial charge is 0.151 e. The Bertz CT molecular complexity index is 417. The summed E-state index contributed by atoms with van der Waals surface area (Å²) in [7, 11) is 0. The van der Waals surface area contributed by atoms with E-state index >= 15 is 0 Å². The molecular weight excluding hydrogens is 722 g/mol. The molecule has 0 bridgehead atoms. The Kier molecular flexibility index (Phi) is 97.1. The van der Waals surface area contributed by atoms with Gasteiger partial charge in [-0.1, -0.05) is 0 Å². The first-order valence-electron chi connectivity index (χ1n) is 7.85. The zero-order chi connectivity index (χ0) is 20.4. The van der Waals surface area contributed by atoms with Crippen LogP contribution < -0.4 is 43.1 Å². The van der Waals surface area contributed by atoms with E-state index in [9.17, 15) is 25.2 Å². The molecule has 9 unspecified atom stereocenters. The Morgan fingerprint density at radius 2 is 1.11 bits per heavy atom. The van der Waals surface area contributed by atoms with Gasteiger partial charge in [0, 0.05) is 51.4 Å². The molecule has 0 aromatic heterocycles. The van der Waals surface area contributed by atoms with Crippen LogP contribution >= 0.6 is 0 Å². The Labute approximate surface area is 251 Å². The van der Waals surface area contributed by atoms with E-state index < -0.39 is 68.1 Å². The molecule has 0 aliphatic carbocycles. The molecular formula is C14H55Ag2N7O15. The first kappa shape index (κ1) is 83.2. The van der Waals surface area contributed by atoms with Gasteiger partial charge in [-0.2, -0.15) is 0 Å². The number of hydrogen-bond acceptors (Lipinski definition) is 19. The van der Waals surface area contributed by atoms with Crippen LogP contribution in [0.2, 0.25) is 0 Å². The molecule has 1 aliphatic heterocycles. The summed E-state index contributed by atoms with van der Waals surface area (Å²) in [6, 6.07) is 0. The average molecular weight is 777 g/mol. The van der Waals surface area contributed by atoms with E-state index in [0.29, 0.717) is 0 Å². The molecule has 1 heterocycles. The van der Waals surface area contributed by atoms with Crippen molar-refractivity contribution in [2.45, 2.75) is 61.4 Å². The Morgan fingerprint density at radius 3 is 1.42 bits per heavy atom. The van der Waals surface area contributed by atoms with Crippen molar-refractivity contribution in [2.75, 3.05) is 19.8 Å². The van der Waals surface area contributed by atoms with Crippen LogP contribution in [0.15, 0.2) is 0 Å². The number of aldehydes is 1. The van der Waals surface area contributed by atoms with Gasteiger partial charge < -0.3 is 120 Å². The van der Waals surface area contributed by atoms with Crippen molar-refractivity contribution >= 4 is 6.29 Å². The normalized spacial score (nSPS) is 23.5. The predicted molar refractivity (Wildman–Crippen MR) is 129 cm³/mol. The second-order valence-electron chi connectivity index (χ2n) is 5.78. The van der Waals surface area contributed by atoms with Crippen molar-refractivity contribution in [3.8, 4) is 0 Å². The first-order valence-corrected chi connectivity index (χ1v) is 7.85. The fourth-order valence-corrected chi connectivity index (χ4v) is 2.04. The standard InChI is InChI=1S/C8H16O6.C6H12O6.2Ag.7H3N.3H2O/c9-3-5-7(12)8(13)6(11)4(10)1-2-14-5;7-1-3(9)5(11)6(12)4(10)2-8;;;;;;;;;;;;/h4-13H,1-3H2;1,3-6,8-12H,2H2;;;7*1H3;3*1H2. The largest absolute Gasteiger partial charge is 0.412 e. The minimum Gasteiger partial charge on any atom is -0.412 e. The zero-order valence-corrected chi connectivity index (χ0v) is 23.9. The van der Waals surface area contributed by atoms with Crippen molar-refractivity contribution in [2.24, 2.45) is 0 Å². The molecule has 1 aliphatic rings. The number of ether oxygens (including phenoxy) is 1. The van der Waals surface area contributed by atoms with Gasteiger partial charge in [-0.15, -0.1) is 0 Å². The molecule has 0 aromatic rings. The number of carbonyl (C=O) groups is 1. The van der Waals surface area contributed by atoms with Gasteiger partial charge in [0.25, 0.3) is 0 Å². The molecule has 0 spiro atoms. The molecule has 0 amide bonds. The van der Waals surface area contributed by atoms with Crippen LogP contribution in [0.4, 0.5) is 0 Å². The second kappa shape index (κ2) is 44.3. The molecule has 0 saturated carbocycles. The van der Waals surface area contributed by atoms with E-state index in [-0.39, 0.29) is 124 Å². The summed E-state index contributed by atoms with van der Waals surface area (Å²) in [4.78, 5) is 9.90. The Morgan fingerprint density at radius 1 is 0.711 bits per heavy atom. The first-order chi connectivity index (χ1) is 12.1. The number of hydrogen-bond donors (Lipinski definition) is 17. The zero-order valence-electron chi connectivity index (χ0n) is 20.9. The fraction of sp³-hybridized carbons (Fsp3) is 0.929. The van der Waals surface area contributed by atoms with Crippen LogP contribution in [0.1, 0.15) is 6.42 Å². The predicted octanol–water partition coefficient (Wildman–Crippen LogP) is -7.51. The summed E-state index contributed by atoms with van der Waals surface area (Å²) in [5, 5.41) is 89.7. The van der Waals surface area contributed by atoms with Gasteiger partial charge in [0.05, 0.1) is 19.3 Å². The van der Waals surface area contributed by atoms with Gasteiger partial charge in [-0.3, -0.25) is 0 Å². The van der Waals surface area contributed by atoms with Crippen LogP contribution in [-0.2, 0) is 54.3 Å². The van der Waals surface area contributed by atoms with Crippen molar-refractivity contribution in [3.05, 3.63) is 0 Å². The summed E-state index contributed by atoms with van der Waals surface area (Å²) in [5.41, 5.74) is 0. The molecule has 37 N–H and O–H groups in total. The topological polar surface area (TPSA) is 568 Å². The van der Waals surface area contributed by atoms with E-state index in [1.165, 1.54) is 0 Å². The molecule has 1 rings (SSSR count). The molecule has 9 atom stereocenters. The number of carbonyl (C=O) groups excluding carboxylic acids is 1. The molecule has 258 valence electrons. The van der Waals surface area contributed by atoms with E-state index in [1.807, 2.05) is 0 Å². The van der Waals surface area contributed by atoms with Gasteiger partial charge >= 0.3 is 0 Å². The van der Waals surface area contributed by atoms with Gasteiger partial charge in [-0.25, -0.2) is 0 Å². The summed E-state index contributed by atoms with van der Waals surface area (Å²) >= 11 is 0. The third-order valence-corrected chi connectivity index (χ3v) is 3.82. The van der Waals surface area contributed by atoms with Gasteiger partial charge in [0.15, 0.2) is 6.29 Å². The number of aliphatic hydroxyl groups excluding tert-OH is 10. The van der Waals surface area contributed by atoms with Gasteiger partial charge in [-0.05, 0) is 6.42 Å². The summed E-state index contributed by atoms with van der Waals surface area (Å²) in [6.07, 6.45) is -13.1. The van der Waals surface area contributed by atoms with Gasteiger partial charge in [0.2, 0.25) is 0 Å². The van der Waals surface area contributed by atoms with Crippen LogP contribution in [0.3, 0.4) is 0 Å². The molecule has 24 heteroatoms. The van der Waals surface area contributed by atoms with Crippen LogP contribution in [0.5, 0.6) is 0 Å². The third kappa shape index (κ3) is 27.9. The third-order valence-electron chi connectivity index (χ3n) is 3.82. The number of aliphatic hydroxyl groups is 10. The fourth-order valence-electron chi connectivity index (χ4n) is 2.04. The SMILES string of the molecule is N.N.N.N.N.N.N.O.O.O.O=CC(O)C(O)C(O)C(O)CO.OCC1OCCC(O)C(O)C(O)C1O.[Ag].[Ag]. The maximum Gasteiger partial charge on any atom is 0.151 e. The van der Waals surface area contributed by atoms with Crippen LogP contribution in [-0.4, -0.2) is 149 Å². The Hall–Kier alpha value is 0.311. The average Bonchev–Trinajstić information content (AvgIpc) is 2.66. The second-order valence-corrected chi connectivity index (χ2v) is 5.78. The maximum atomic E-state index is 9.90. The van der Waals surface area contributed by atoms with E-state index in [1.54, 1.807) is 0 Å². The van der Waals surface area contributed by atoms with Crippen LogP contribution in [0.25, 0.3) is 0 Å². The molecule has 1 fully saturated rings. The van der Waals surface area contributed by atoms with E-state index in [0.717, 1.165) is 0 Å². The van der Waals surface area contributed by atoms with Crippen molar-refractivity contribution in [1.82, 2.24) is 43.1 Å².